The van der Waals surface area contributed by atoms with Crippen molar-refractivity contribution in [2.45, 2.75) is 90.1 Å². The molecule has 25 heavy (non-hydrogen) atoms. The van der Waals surface area contributed by atoms with Gasteiger partial charge in [-0.25, -0.2) is 4.99 Å². The first-order valence-corrected chi connectivity index (χ1v) is 9.89. The average Bonchev–Trinajstić information content (AvgIpc) is 2.54. The third-order valence-electron chi connectivity index (χ3n) is 4.26. The number of guanidine groups is 2. The van der Waals surface area contributed by atoms with E-state index < -0.39 is 0 Å². The zero-order valence-electron chi connectivity index (χ0n) is 16.3. The van der Waals surface area contributed by atoms with Gasteiger partial charge in [0.2, 0.25) is 0 Å². The van der Waals surface area contributed by atoms with E-state index in [1.54, 1.807) is 0 Å². The largest absolute Gasteiger partial charge is 0.370 e. The molecular formula is C18H41N7. The topological polar surface area (TPSA) is 138 Å². The number of nitrogens with two attached hydrogens (primary N) is 3. The van der Waals surface area contributed by atoms with Crippen LogP contribution in [0.2, 0.25) is 0 Å². The van der Waals surface area contributed by atoms with Crippen molar-refractivity contribution in [1.29, 1.82) is 5.41 Å². The lowest BCUT2D eigenvalue weighted by molar-refractivity contribution is 0.451. The predicted octanol–water partition coefficient (Wildman–Crippen LogP) is 2.01. The van der Waals surface area contributed by atoms with Crippen LogP contribution in [0.1, 0.15) is 78.1 Å². The van der Waals surface area contributed by atoms with Crippen molar-refractivity contribution in [1.82, 2.24) is 10.6 Å². The van der Waals surface area contributed by atoms with Gasteiger partial charge in [0.25, 0.3) is 0 Å². The van der Waals surface area contributed by atoms with Crippen molar-refractivity contribution < 1.29 is 0 Å². The van der Waals surface area contributed by atoms with Gasteiger partial charge < -0.3 is 27.8 Å². The van der Waals surface area contributed by atoms with Crippen LogP contribution in [-0.4, -0.2) is 37.1 Å². The Morgan fingerprint density at radius 1 is 0.880 bits per heavy atom. The van der Waals surface area contributed by atoms with E-state index in [1.165, 1.54) is 38.5 Å². The molecule has 2 atom stereocenters. The molecule has 0 fully saturated rings. The minimum absolute atomic E-state index is 0.0302. The molecule has 0 bridgehead atoms. The molecule has 0 rings (SSSR count). The Balaban J connectivity index is 4.25. The number of aliphatic imine (C=N–C) groups is 1. The van der Waals surface area contributed by atoms with Crippen molar-refractivity contribution in [2.75, 3.05) is 13.1 Å². The van der Waals surface area contributed by atoms with Gasteiger partial charge in [0, 0.05) is 19.1 Å². The van der Waals surface area contributed by atoms with Gasteiger partial charge in [-0.1, -0.05) is 65.2 Å². The molecule has 0 aliphatic heterocycles. The van der Waals surface area contributed by atoms with E-state index in [-0.39, 0.29) is 24.0 Å². The first-order valence-electron chi connectivity index (χ1n) is 9.89. The maximum Gasteiger partial charge on any atom is 0.186 e. The lowest BCUT2D eigenvalue weighted by Crippen LogP contribution is -2.46. The van der Waals surface area contributed by atoms with Gasteiger partial charge in [0.1, 0.15) is 0 Å². The second-order valence-corrected chi connectivity index (χ2v) is 6.82. The second-order valence-electron chi connectivity index (χ2n) is 6.82. The first-order chi connectivity index (χ1) is 12.0. The highest BCUT2D eigenvalue weighted by Crippen LogP contribution is 2.08. The molecular weight excluding hydrogens is 314 g/mol. The molecule has 0 spiro atoms. The molecule has 0 radical (unpaired) electrons. The van der Waals surface area contributed by atoms with Crippen molar-refractivity contribution in [3.63, 3.8) is 0 Å². The van der Waals surface area contributed by atoms with E-state index >= 15 is 0 Å². The summed E-state index contributed by atoms with van der Waals surface area (Å²) < 4.78 is 0. The van der Waals surface area contributed by atoms with Crippen LogP contribution in [0.25, 0.3) is 0 Å². The molecule has 0 aliphatic rings. The van der Waals surface area contributed by atoms with Crippen LogP contribution < -0.4 is 27.8 Å². The fraction of sp³-hybridized carbons (Fsp3) is 0.889. The number of rotatable bonds is 16. The SMILES string of the molecule is CCCCCCC(CNCC(CCCCCC)NC(=N)N)N=C(N)N. The summed E-state index contributed by atoms with van der Waals surface area (Å²) in [7, 11) is 0. The average molecular weight is 356 g/mol. The van der Waals surface area contributed by atoms with Gasteiger partial charge in [-0.2, -0.15) is 0 Å². The Hall–Kier alpha value is -1.50. The van der Waals surface area contributed by atoms with Gasteiger partial charge in [-0.05, 0) is 12.8 Å². The Labute approximate surface area is 154 Å². The maximum absolute atomic E-state index is 7.47. The number of hydrogen-bond acceptors (Lipinski definition) is 3. The van der Waals surface area contributed by atoms with E-state index in [0.717, 1.165) is 38.8 Å². The van der Waals surface area contributed by atoms with Gasteiger partial charge in [0.05, 0.1) is 6.04 Å². The highest BCUT2D eigenvalue weighted by molar-refractivity contribution is 5.75. The van der Waals surface area contributed by atoms with E-state index in [4.69, 9.17) is 22.6 Å². The van der Waals surface area contributed by atoms with Crippen molar-refractivity contribution in [3.05, 3.63) is 0 Å². The van der Waals surface area contributed by atoms with Crippen LogP contribution in [0.4, 0.5) is 0 Å². The molecule has 0 heterocycles. The monoisotopic (exact) mass is 355 g/mol. The summed E-state index contributed by atoms with van der Waals surface area (Å²) in [6.45, 7) is 5.92. The summed E-state index contributed by atoms with van der Waals surface area (Å²) in [5.74, 6) is 0.183. The van der Waals surface area contributed by atoms with Gasteiger partial charge in [-0.3, -0.25) is 5.41 Å². The molecule has 7 nitrogen and oxygen atoms in total. The van der Waals surface area contributed by atoms with Crippen molar-refractivity contribution in [3.8, 4) is 0 Å². The minimum Gasteiger partial charge on any atom is -0.370 e. The molecule has 0 aromatic rings. The molecule has 0 aromatic carbocycles. The third kappa shape index (κ3) is 15.8. The number of unbranched alkanes of at least 4 members (excludes halogenated alkanes) is 6. The van der Waals surface area contributed by atoms with Crippen LogP contribution in [0, 0.1) is 5.41 Å². The smallest absolute Gasteiger partial charge is 0.186 e. The molecule has 7 heteroatoms. The molecule has 0 saturated carbocycles. The summed E-state index contributed by atoms with van der Waals surface area (Å²) in [5.41, 5.74) is 16.6. The van der Waals surface area contributed by atoms with E-state index in [2.05, 4.69) is 29.5 Å². The zero-order chi connectivity index (χ0) is 18.9. The highest BCUT2D eigenvalue weighted by Gasteiger charge is 2.11. The van der Waals surface area contributed by atoms with E-state index in [1.807, 2.05) is 0 Å². The fourth-order valence-electron chi connectivity index (χ4n) is 2.92. The van der Waals surface area contributed by atoms with Gasteiger partial charge >= 0.3 is 0 Å². The molecule has 0 amide bonds. The lowest BCUT2D eigenvalue weighted by Gasteiger charge is -2.21. The van der Waals surface area contributed by atoms with Gasteiger partial charge in [-0.15, -0.1) is 0 Å². The fourth-order valence-corrected chi connectivity index (χ4v) is 2.92. The van der Waals surface area contributed by atoms with E-state index in [9.17, 15) is 0 Å². The summed E-state index contributed by atoms with van der Waals surface area (Å²) >= 11 is 0. The van der Waals surface area contributed by atoms with Gasteiger partial charge in [0.15, 0.2) is 11.9 Å². The predicted molar refractivity (Wildman–Crippen MR) is 109 cm³/mol. The molecule has 9 N–H and O–H groups in total. The Morgan fingerprint density at radius 2 is 1.48 bits per heavy atom. The molecule has 148 valence electrons. The molecule has 2 unspecified atom stereocenters. The van der Waals surface area contributed by atoms with Crippen LogP contribution in [-0.2, 0) is 0 Å². The number of nitrogens with zero attached hydrogens (tertiary/aromatic N) is 1. The Morgan fingerprint density at radius 3 is 2.00 bits per heavy atom. The Kier molecular flexibility index (Phi) is 15.0. The lowest BCUT2D eigenvalue weighted by atomic mass is 10.1. The molecule has 0 aromatic heterocycles. The molecule has 0 saturated heterocycles. The second kappa shape index (κ2) is 16.0. The first kappa shape index (κ1) is 23.5. The third-order valence-corrected chi connectivity index (χ3v) is 4.26. The summed E-state index contributed by atoms with van der Waals surface area (Å²) in [6.07, 6.45) is 11.7. The maximum atomic E-state index is 7.47. The minimum atomic E-state index is 0.0302. The normalized spacial score (nSPS) is 13.2. The quantitative estimate of drug-likeness (QED) is 0.143. The van der Waals surface area contributed by atoms with Crippen molar-refractivity contribution >= 4 is 11.9 Å². The van der Waals surface area contributed by atoms with Crippen LogP contribution in [0.15, 0.2) is 4.99 Å². The summed E-state index contributed by atoms with van der Waals surface area (Å²) in [6, 6.07) is 0.286. The van der Waals surface area contributed by atoms with Crippen LogP contribution in [0.5, 0.6) is 0 Å². The molecule has 0 aliphatic carbocycles. The van der Waals surface area contributed by atoms with E-state index in [0.29, 0.717) is 0 Å². The number of hydrogen-bond donors (Lipinski definition) is 6. The standard InChI is InChI=1S/C18H41N7/c1-3-5-7-9-11-15(24-17(19)20)13-23-14-16(25-18(21)22)12-10-8-6-4-2/h15-16,23H,3-14H2,1-2H3,(H4,19,20,24)(H4,21,22,25). The van der Waals surface area contributed by atoms with Crippen LogP contribution in [0.3, 0.4) is 0 Å². The summed E-state index contributed by atoms with van der Waals surface area (Å²) in [4.78, 5) is 4.34. The van der Waals surface area contributed by atoms with Crippen LogP contribution >= 0.6 is 0 Å². The van der Waals surface area contributed by atoms with Crippen molar-refractivity contribution in [2.24, 2.45) is 22.2 Å². The zero-order valence-corrected chi connectivity index (χ0v) is 16.3. The highest BCUT2D eigenvalue weighted by atomic mass is 15.1. The number of nitrogens with one attached hydrogen (secondary N) is 3. The summed E-state index contributed by atoms with van der Waals surface area (Å²) in [5, 5.41) is 14.0. The Bertz CT molecular complexity index is 353.